The SMILES string of the molecule is CC(C)(C)[C@H]1COC(=O)[C@@H](Cc2ccccc2)CCCC=CC[C@H](CC(=O)N[C@@H](CO)Cc2ccccc2)C(=O)N1. The number of aliphatic hydroxyl groups is 1. The first-order chi connectivity index (χ1) is 19.7. The van der Waals surface area contributed by atoms with Crippen LogP contribution in [0.2, 0.25) is 0 Å². The van der Waals surface area contributed by atoms with Crippen molar-refractivity contribution in [2.45, 2.75) is 77.8 Å². The summed E-state index contributed by atoms with van der Waals surface area (Å²) < 4.78 is 5.82. The van der Waals surface area contributed by atoms with E-state index >= 15 is 0 Å². The van der Waals surface area contributed by atoms with E-state index in [1.165, 1.54) is 0 Å². The van der Waals surface area contributed by atoms with Crippen molar-refractivity contribution in [1.29, 1.82) is 0 Å². The fourth-order valence-electron chi connectivity index (χ4n) is 5.00. The van der Waals surface area contributed by atoms with Gasteiger partial charge in [0.05, 0.1) is 30.5 Å². The van der Waals surface area contributed by atoms with Crippen LogP contribution in [0.15, 0.2) is 72.8 Å². The fourth-order valence-corrected chi connectivity index (χ4v) is 5.00. The van der Waals surface area contributed by atoms with E-state index in [1.807, 2.05) is 93.6 Å². The van der Waals surface area contributed by atoms with E-state index in [1.54, 1.807) is 0 Å². The maximum absolute atomic E-state index is 13.5. The number of aliphatic hydroxyl groups excluding tert-OH is 1. The van der Waals surface area contributed by atoms with Crippen LogP contribution in [0.5, 0.6) is 0 Å². The second kappa shape index (κ2) is 16.1. The van der Waals surface area contributed by atoms with Crippen LogP contribution >= 0.6 is 0 Å². The van der Waals surface area contributed by atoms with Crippen molar-refractivity contribution in [3.63, 3.8) is 0 Å². The Balaban J connectivity index is 1.70. The first-order valence-corrected chi connectivity index (χ1v) is 14.8. The number of carbonyl (C=O) groups excluding carboxylic acids is 3. The Morgan fingerprint density at radius 2 is 1.66 bits per heavy atom. The van der Waals surface area contributed by atoms with Crippen molar-refractivity contribution in [1.82, 2.24) is 10.6 Å². The average molecular weight is 563 g/mol. The highest BCUT2D eigenvalue weighted by atomic mass is 16.5. The standard InChI is InChI=1S/C34H46N2O5/c1-34(2,3)30-24-41-33(40)28(20-25-14-8-6-9-15-25)19-13-5-4-12-18-27(32(39)36-30)22-31(38)35-29(23-37)21-26-16-10-7-11-17-26/h4,6-12,14-17,27-30,37H,5,13,18-24H2,1-3H3,(H,35,38)(H,36,39)/t27-,28-,29-,30-/m1/s1. The smallest absolute Gasteiger partial charge is 0.309 e. The molecule has 2 aromatic carbocycles. The van der Waals surface area contributed by atoms with Crippen LogP contribution in [0.3, 0.4) is 0 Å². The van der Waals surface area contributed by atoms with Gasteiger partial charge in [-0.2, -0.15) is 0 Å². The molecule has 2 amide bonds. The lowest BCUT2D eigenvalue weighted by Gasteiger charge is -2.33. The lowest BCUT2D eigenvalue weighted by molar-refractivity contribution is -0.151. The number of hydrogen-bond donors (Lipinski definition) is 3. The number of ether oxygens (including phenoxy) is 1. The molecule has 2 aromatic rings. The summed E-state index contributed by atoms with van der Waals surface area (Å²) in [5.41, 5.74) is 1.74. The van der Waals surface area contributed by atoms with Gasteiger partial charge in [-0.25, -0.2) is 0 Å². The molecule has 1 aliphatic heterocycles. The minimum atomic E-state index is -0.586. The quantitative estimate of drug-likeness (QED) is 0.317. The third-order valence-electron chi connectivity index (χ3n) is 7.64. The molecule has 7 heteroatoms. The van der Waals surface area contributed by atoms with Gasteiger partial charge in [-0.15, -0.1) is 0 Å². The van der Waals surface area contributed by atoms with Gasteiger partial charge < -0.3 is 20.5 Å². The molecule has 1 aliphatic rings. The van der Waals surface area contributed by atoms with Crippen LogP contribution in [-0.2, 0) is 32.0 Å². The molecular weight excluding hydrogens is 516 g/mol. The third kappa shape index (κ3) is 11.2. The summed E-state index contributed by atoms with van der Waals surface area (Å²) in [4.78, 5) is 39.7. The number of esters is 1. The number of amides is 2. The van der Waals surface area contributed by atoms with E-state index < -0.39 is 18.0 Å². The molecule has 3 N–H and O–H groups in total. The van der Waals surface area contributed by atoms with Crippen LogP contribution in [0.1, 0.15) is 64.0 Å². The summed E-state index contributed by atoms with van der Waals surface area (Å²) in [6.45, 7) is 5.85. The number of cyclic esters (lactones) is 1. The monoisotopic (exact) mass is 562 g/mol. The lowest BCUT2D eigenvalue weighted by Crippen LogP contribution is -2.50. The highest BCUT2D eigenvalue weighted by Crippen LogP contribution is 2.24. The molecule has 0 fully saturated rings. The second-order valence-corrected chi connectivity index (χ2v) is 12.1. The van der Waals surface area contributed by atoms with E-state index in [-0.39, 0.29) is 48.8 Å². The Kier molecular flexibility index (Phi) is 12.6. The van der Waals surface area contributed by atoms with E-state index in [0.717, 1.165) is 24.0 Å². The molecular formula is C34H46N2O5. The van der Waals surface area contributed by atoms with Crippen molar-refractivity contribution in [3.8, 4) is 0 Å². The van der Waals surface area contributed by atoms with Crippen LogP contribution in [0, 0.1) is 17.3 Å². The summed E-state index contributed by atoms with van der Waals surface area (Å²) in [5, 5.41) is 15.8. The number of carbonyl (C=O) groups is 3. The number of rotatable bonds is 8. The molecule has 4 atom stereocenters. The molecule has 1 heterocycles. The maximum atomic E-state index is 13.5. The number of allylic oxidation sites excluding steroid dienone is 2. The molecule has 41 heavy (non-hydrogen) atoms. The van der Waals surface area contributed by atoms with Gasteiger partial charge >= 0.3 is 5.97 Å². The highest BCUT2D eigenvalue weighted by Gasteiger charge is 2.32. The Bertz CT molecular complexity index is 1130. The highest BCUT2D eigenvalue weighted by molar-refractivity contribution is 5.86. The maximum Gasteiger partial charge on any atom is 0.309 e. The molecule has 0 aliphatic carbocycles. The first-order valence-electron chi connectivity index (χ1n) is 14.8. The first kappa shape index (κ1) is 32.1. The van der Waals surface area contributed by atoms with Crippen molar-refractivity contribution < 1.29 is 24.2 Å². The summed E-state index contributed by atoms with van der Waals surface area (Å²) >= 11 is 0. The van der Waals surface area contributed by atoms with Crippen molar-refractivity contribution in [2.24, 2.45) is 17.3 Å². The molecule has 0 saturated heterocycles. The molecule has 0 aromatic heterocycles. The Morgan fingerprint density at radius 3 is 2.29 bits per heavy atom. The molecule has 0 spiro atoms. The molecule has 0 saturated carbocycles. The Labute approximate surface area is 244 Å². The minimum absolute atomic E-state index is 0.00271. The molecule has 0 bridgehead atoms. The predicted octanol–water partition coefficient (Wildman–Crippen LogP) is 4.78. The van der Waals surface area contributed by atoms with E-state index in [4.69, 9.17) is 4.74 Å². The molecule has 3 rings (SSSR count). The van der Waals surface area contributed by atoms with E-state index in [9.17, 15) is 19.5 Å². The molecule has 0 radical (unpaired) electrons. The van der Waals surface area contributed by atoms with Crippen molar-refractivity contribution in [3.05, 3.63) is 83.9 Å². The number of benzene rings is 2. The summed E-state index contributed by atoms with van der Waals surface area (Å²) in [6, 6.07) is 18.8. The average Bonchev–Trinajstić information content (AvgIpc) is 2.95. The van der Waals surface area contributed by atoms with Gasteiger partial charge in [0.1, 0.15) is 6.61 Å². The molecule has 0 unspecified atom stereocenters. The minimum Gasteiger partial charge on any atom is -0.463 e. The van der Waals surface area contributed by atoms with Gasteiger partial charge in [-0.3, -0.25) is 14.4 Å². The normalized spacial score (nSPS) is 21.7. The molecule has 222 valence electrons. The van der Waals surface area contributed by atoms with Gasteiger partial charge in [-0.1, -0.05) is 93.6 Å². The van der Waals surface area contributed by atoms with Gasteiger partial charge in [0.2, 0.25) is 11.8 Å². The van der Waals surface area contributed by atoms with Gasteiger partial charge in [0, 0.05) is 6.42 Å². The molecule has 7 nitrogen and oxygen atoms in total. The Morgan fingerprint density at radius 1 is 1.00 bits per heavy atom. The van der Waals surface area contributed by atoms with Crippen LogP contribution in [0.25, 0.3) is 0 Å². The zero-order chi connectivity index (χ0) is 29.7. The van der Waals surface area contributed by atoms with Gasteiger partial charge in [-0.05, 0) is 55.1 Å². The topological polar surface area (TPSA) is 105 Å². The Hall–Kier alpha value is -3.45. The van der Waals surface area contributed by atoms with Crippen LogP contribution in [0.4, 0.5) is 0 Å². The van der Waals surface area contributed by atoms with Crippen molar-refractivity contribution >= 4 is 17.8 Å². The van der Waals surface area contributed by atoms with Crippen LogP contribution in [-0.4, -0.2) is 48.2 Å². The summed E-state index contributed by atoms with van der Waals surface area (Å²) in [7, 11) is 0. The fraction of sp³-hybridized carbons (Fsp3) is 0.500. The summed E-state index contributed by atoms with van der Waals surface area (Å²) in [5.74, 6) is -1.62. The van der Waals surface area contributed by atoms with Crippen LogP contribution < -0.4 is 10.6 Å². The number of hydrogen-bond acceptors (Lipinski definition) is 5. The lowest BCUT2D eigenvalue weighted by atomic mass is 9.86. The zero-order valence-corrected chi connectivity index (χ0v) is 24.7. The van der Waals surface area contributed by atoms with E-state index in [0.29, 0.717) is 25.7 Å². The third-order valence-corrected chi connectivity index (χ3v) is 7.64. The largest absolute Gasteiger partial charge is 0.463 e. The zero-order valence-electron chi connectivity index (χ0n) is 24.7. The number of nitrogens with one attached hydrogen (secondary N) is 2. The predicted molar refractivity (Wildman–Crippen MR) is 161 cm³/mol. The second-order valence-electron chi connectivity index (χ2n) is 12.1. The van der Waals surface area contributed by atoms with Gasteiger partial charge in [0.15, 0.2) is 0 Å². The van der Waals surface area contributed by atoms with Gasteiger partial charge in [0.25, 0.3) is 0 Å². The summed E-state index contributed by atoms with van der Waals surface area (Å²) in [6.07, 6.45) is 7.84. The van der Waals surface area contributed by atoms with Crippen molar-refractivity contribution in [2.75, 3.05) is 13.2 Å². The van der Waals surface area contributed by atoms with E-state index in [2.05, 4.69) is 10.6 Å².